The molecule has 5 rings (SSSR count). The third-order valence-corrected chi connectivity index (χ3v) is 8.11. The average molecular weight is 418 g/mol. The first-order chi connectivity index (χ1) is 13.1. The molecule has 0 bridgehead atoms. The summed E-state index contributed by atoms with van der Waals surface area (Å²) in [4.78, 5) is 32.6. The number of fused-ring (bicyclic) bond motifs is 4. The lowest BCUT2D eigenvalue weighted by molar-refractivity contribution is 0.101. The molecule has 1 amide bonds. The lowest BCUT2D eigenvalue weighted by Crippen LogP contribution is -2.34. The van der Waals surface area contributed by atoms with E-state index in [4.69, 9.17) is 12.2 Å². The lowest BCUT2D eigenvalue weighted by atomic mass is 9.96. The summed E-state index contributed by atoms with van der Waals surface area (Å²) in [5, 5.41) is 2.60. The Kier molecular flexibility index (Phi) is 4.29. The number of carbonyl (C=O) groups excluding carboxylic acids is 1. The van der Waals surface area contributed by atoms with Crippen LogP contribution >= 0.6 is 34.9 Å². The zero-order chi connectivity index (χ0) is 18.5. The van der Waals surface area contributed by atoms with Gasteiger partial charge in [-0.05, 0) is 74.7 Å². The van der Waals surface area contributed by atoms with E-state index in [0.717, 1.165) is 60.9 Å². The number of rotatable bonds is 2. The number of H-pyrrole nitrogens is 1. The van der Waals surface area contributed by atoms with Gasteiger partial charge in [0.05, 0.1) is 10.9 Å². The van der Waals surface area contributed by atoms with Gasteiger partial charge in [-0.15, -0.1) is 22.7 Å². The Morgan fingerprint density at radius 2 is 1.78 bits per heavy atom. The van der Waals surface area contributed by atoms with Crippen LogP contribution in [0.1, 0.15) is 56.9 Å². The first-order valence-electron chi connectivity index (χ1n) is 9.33. The molecule has 3 heterocycles. The van der Waals surface area contributed by atoms with Gasteiger partial charge in [0.25, 0.3) is 11.5 Å². The molecule has 0 aliphatic heterocycles. The third-order valence-electron chi connectivity index (χ3n) is 5.53. The van der Waals surface area contributed by atoms with Crippen molar-refractivity contribution >= 4 is 51.0 Å². The van der Waals surface area contributed by atoms with Gasteiger partial charge < -0.3 is 4.98 Å². The molecule has 140 valence electrons. The number of aromatic nitrogens is 2. The molecule has 0 fully saturated rings. The van der Waals surface area contributed by atoms with Gasteiger partial charge in [-0.25, -0.2) is 0 Å². The van der Waals surface area contributed by atoms with Gasteiger partial charge in [-0.2, -0.15) is 4.68 Å². The second-order valence-corrected chi connectivity index (χ2v) is 9.64. The molecule has 3 aromatic heterocycles. The van der Waals surface area contributed by atoms with E-state index in [9.17, 15) is 9.59 Å². The van der Waals surface area contributed by atoms with Crippen LogP contribution in [0.15, 0.2) is 10.2 Å². The summed E-state index contributed by atoms with van der Waals surface area (Å²) in [5.74, 6) is -0.251. The van der Waals surface area contributed by atoms with Crippen molar-refractivity contribution in [2.45, 2.75) is 51.4 Å². The van der Waals surface area contributed by atoms with Gasteiger partial charge in [0.1, 0.15) is 4.83 Å². The normalized spacial score (nSPS) is 16.1. The van der Waals surface area contributed by atoms with E-state index in [1.807, 2.05) is 5.38 Å². The monoisotopic (exact) mass is 417 g/mol. The van der Waals surface area contributed by atoms with E-state index in [1.165, 1.54) is 20.9 Å². The highest BCUT2D eigenvalue weighted by molar-refractivity contribution is 7.71. The van der Waals surface area contributed by atoms with E-state index in [2.05, 4.69) is 10.4 Å². The molecule has 3 aromatic rings. The first-order valence-corrected chi connectivity index (χ1v) is 11.4. The zero-order valence-electron chi connectivity index (χ0n) is 14.7. The predicted molar refractivity (Wildman–Crippen MR) is 113 cm³/mol. The maximum atomic E-state index is 13.1. The van der Waals surface area contributed by atoms with Crippen molar-refractivity contribution in [1.29, 1.82) is 0 Å². The third kappa shape index (κ3) is 2.81. The van der Waals surface area contributed by atoms with Gasteiger partial charge in [0.15, 0.2) is 0 Å². The number of aryl methyl sites for hydroxylation is 3. The molecular weight excluding hydrogens is 398 g/mol. The van der Waals surface area contributed by atoms with Crippen LogP contribution in [0.25, 0.3) is 10.2 Å². The van der Waals surface area contributed by atoms with Gasteiger partial charge in [-0.1, -0.05) is 0 Å². The summed E-state index contributed by atoms with van der Waals surface area (Å²) < 4.78 is 1.46. The number of amides is 1. The molecule has 5 nitrogen and oxygen atoms in total. The number of thiophene rings is 2. The Labute approximate surface area is 169 Å². The molecule has 27 heavy (non-hydrogen) atoms. The highest BCUT2D eigenvalue weighted by Crippen LogP contribution is 2.33. The minimum atomic E-state index is -0.251. The molecule has 2 aliphatic rings. The van der Waals surface area contributed by atoms with Crippen molar-refractivity contribution in [3.05, 3.63) is 46.9 Å². The molecule has 0 radical (unpaired) electrons. The molecule has 2 aliphatic carbocycles. The Hall–Kier alpha value is -1.77. The van der Waals surface area contributed by atoms with E-state index in [1.54, 1.807) is 22.7 Å². The molecule has 0 spiro atoms. The fraction of sp³-hybridized carbons (Fsp3) is 0.421. The minimum Gasteiger partial charge on any atom is -0.322 e. The minimum absolute atomic E-state index is 0.217. The van der Waals surface area contributed by atoms with Gasteiger partial charge in [0.2, 0.25) is 4.77 Å². The first kappa shape index (κ1) is 17.3. The summed E-state index contributed by atoms with van der Waals surface area (Å²) in [6, 6.07) is 0. The predicted octanol–water partition coefficient (Wildman–Crippen LogP) is 4.32. The number of hydrogen-bond donors (Lipinski definition) is 2. The van der Waals surface area contributed by atoms with Crippen molar-refractivity contribution in [1.82, 2.24) is 9.66 Å². The van der Waals surface area contributed by atoms with Crippen LogP contribution in [0.5, 0.6) is 0 Å². The number of hydrogen-bond acceptors (Lipinski definition) is 5. The molecule has 0 saturated carbocycles. The van der Waals surface area contributed by atoms with Crippen molar-refractivity contribution in [3.8, 4) is 0 Å². The summed E-state index contributed by atoms with van der Waals surface area (Å²) in [7, 11) is 0. The fourth-order valence-electron chi connectivity index (χ4n) is 4.18. The van der Waals surface area contributed by atoms with Gasteiger partial charge >= 0.3 is 0 Å². The van der Waals surface area contributed by atoms with Crippen LogP contribution in [-0.2, 0) is 25.7 Å². The van der Waals surface area contributed by atoms with Crippen molar-refractivity contribution in [2.24, 2.45) is 0 Å². The molecule has 0 atom stereocenters. The number of nitrogens with zero attached hydrogens (tertiary/aromatic N) is 1. The largest absolute Gasteiger partial charge is 0.322 e. The Morgan fingerprint density at radius 1 is 1.07 bits per heavy atom. The molecule has 0 unspecified atom stereocenters. The summed E-state index contributed by atoms with van der Waals surface area (Å²) in [5.41, 5.74) is 5.50. The summed E-state index contributed by atoms with van der Waals surface area (Å²) >= 11 is 8.65. The SMILES string of the molecule is O=C(Nn1c(=S)[nH]c2sc3c(c2c1=O)CCCC3)c1csc2c1CCCC2. The smallest absolute Gasteiger partial charge is 0.282 e. The molecule has 0 saturated heterocycles. The van der Waals surface area contributed by atoms with Crippen molar-refractivity contribution in [2.75, 3.05) is 5.43 Å². The van der Waals surface area contributed by atoms with E-state index < -0.39 is 0 Å². The lowest BCUT2D eigenvalue weighted by Gasteiger charge is -2.14. The van der Waals surface area contributed by atoms with Crippen LogP contribution in [0, 0.1) is 4.77 Å². The van der Waals surface area contributed by atoms with Crippen molar-refractivity contribution in [3.63, 3.8) is 0 Å². The Bertz CT molecular complexity index is 1180. The molecule has 2 N–H and O–H groups in total. The Morgan fingerprint density at radius 3 is 2.59 bits per heavy atom. The van der Waals surface area contributed by atoms with Crippen LogP contribution in [0.3, 0.4) is 0 Å². The van der Waals surface area contributed by atoms with E-state index in [-0.39, 0.29) is 16.2 Å². The van der Waals surface area contributed by atoms with Crippen LogP contribution in [0.4, 0.5) is 0 Å². The highest BCUT2D eigenvalue weighted by Gasteiger charge is 2.23. The maximum Gasteiger partial charge on any atom is 0.282 e. The second-order valence-electron chi connectivity index (χ2n) is 7.18. The van der Waals surface area contributed by atoms with Gasteiger partial charge in [0, 0.05) is 15.1 Å². The quantitative estimate of drug-likeness (QED) is 0.610. The maximum absolute atomic E-state index is 13.1. The van der Waals surface area contributed by atoms with Gasteiger partial charge in [-0.3, -0.25) is 15.0 Å². The molecule has 8 heteroatoms. The fourth-order valence-corrected chi connectivity index (χ4v) is 6.89. The van der Waals surface area contributed by atoms with E-state index >= 15 is 0 Å². The van der Waals surface area contributed by atoms with E-state index in [0.29, 0.717) is 10.9 Å². The number of carbonyl (C=O) groups is 1. The summed E-state index contributed by atoms with van der Waals surface area (Å²) in [6.45, 7) is 0. The van der Waals surface area contributed by atoms with Crippen LogP contribution < -0.4 is 11.0 Å². The molecule has 0 aromatic carbocycles. The summed E-state index contributed by atoms with van der Waals surface area (Å²) in [6.07, 6.45) is 8.45. The average Bonchev–Trinajstić information content (AvgIpc) is 3.26. The van der Waals surface area contributed by atoms with Crippen LogP contribution in [0.2, 0.25) is 0 Å². The number of aromatic amines is 1. The standard InChI is InChI=1S/C19H19N3O2S3/c23-16(12-9-26-13-7-3-1-5-10(12)13)21-22-18(24)15-11-6-2-4-8-14(11)27-17(15)20-19(22)25/h9H,1-8H2,(H,20,25)(H,21,23). The van der Waals surface area contributed by atoms with Crippen molar-refractivity contribution < 1.29 is 4.79 Å². The van der Waals surface area contributed by atoms with Crippen LogP contribution in [-0.4, -0.2) is 15.6 Å². The highest BCUT2D eigenvalue weighted by atomic mass is 32.1. The topological polar surface area (TPSA) is 66.9 Å². The second kappa shape index (κ2) is 6.68. The number of nitrogens with one attached hydrogen (secondary N) is 2. The molecular formula is C19H19N3O2S3. The Balaban J connectivity index is 1.57. The zero-order valence-corrected chi connectivity index (χ0v) is 17.2.